The van der Waals surface area contributed by atoms with Crippen LogP contribution in [0.2, 0.25) is 0 Å². The molecule has 2 aromatic carbocycles. The van der Waals surface area contributed by atoms with E-state index in [9.17, 15) is 4.79 Å². The van der Waals surface area contributed by atoms with Gasteiger partial charge in [0.05, 0.1) is 18.2 Å². The SMILES string of the molecule is CCCCCCCCCCOc1ccc(C(=O)c2cccc(C#N)c2)cc1. The zero-order chi connectivity index (χ0) is 19.3. The number of nitriles is 1. The summed E-state index contributed by atoms with van der Waals surface area (Å²) in [6.07, 6.45) is 10.2. The van der Waals surface area contributed by atoms with Gasteiger partial charge in [-0.1, -0.05) is 64.0 Å². The Morgan fingerprint density at radius 1 is 0.889 bits per heavy atom. The molecule has 0 saturated carbocycles. The molecule has 0 aliphatic carbocycles. The quantitative estimate of drug-likeness (QED) is 0.328. The predicted octanol–water partition coefficient (Wildman–Crippen LogP) is 6.31. The molecule has 0 aliphatic rings. The smallest absolute Gasteiger partial charge is 0.193 e. The predicted molar refractivity (Wildman–Crippen MR) is 109 cm³/mol. The summed E-state index contributed by atoms with van der Waals surface area (Å²) in [5.74, 6) is 0.710. The van der Waals surface area contributed by atoms with E-state index in [1.54, 1.807) is 36.4 Å². The number of carbonyl (C=O) groups is 1. The van der Waals surface area contributed by atoms with Crippen molar-refractivity contribution in [3.05, 3.63) is 65.2 Å². The number of nitrogens with zero attached hydrogens (tertiary/aromatic N) is 1. The van der Waals surface area contributed by atoms with Gasteiger partial charge < -0.3 is 4.74 Å². The summed E-state index contributed by atoms with van der Waals surface area (Å²) < 4.78 is 5.77. The first-order chi connectivity index (χ1) is 13.2. The molecule has 0 atom stereocenters. The molecule has 0 bridgehead atoms. The maximum atomic E-state index is 12.5. The standard InChI is InChI=1S/C24H29NO2/c1-2-3-4-5-6-7-8-9-17-27-23-15-13-21(14-16-23)24(26)22-12-10-11-20(18-22)19-25/h10-16,18H,2-9,17H2,1H3. The van der Waals surface area contributed by atoms with Gasteiger partial charge in [0.15, 0.2) is 5.78 Å². The number of unbranched alkanes of at least 4 members (excludes halogenated alkanes) is 7. The molecule has 0 heterocycles. The number of rotatable bonds is 12. The number of ketones is 1. The van der Waals surface area contributed by atoms with Crippen LogP contribution in [-0.4, -0.2) is 12.4 Å². The first kappa shape index (κ1) is 20.7. The van der Waals surface area contributed by atoms with Gasteiger partial charge in [0.2, 0.25) is 0 Å². The molecule has 2 aromatic rings. The summed E-state index contributed by atoms with van der Waals surface area (Å²) in [5.41, 5.74) is 1.62. The molecule has 0 saturated heterocycles. The summed E-state index contributed by atoms with van der Waals surface area (Å²) in [6, 6.07) is 16.1. The number of hydrogen-bond donors (Lipinski definition) is 0. The molecule has 0 aliphatic heterocycles. The van der Waals surface area contributed by atoms with Crippen molar-refractivity contribution in [2.24, 2.45) is 0 Å². The van der Waals surface area contributed by atoms with E-state index in [0.29, 0.717) is 23.3 Å². The highest BCUT2D eigenvalue weighted by atomic mass is 16.5. The van der Waals surface area contributed by atoms with E-state index in [1.165, 1.54) is 44.9 Å². The maximum absolute atomic E-state index is 12.5. The van der Waals surface area contributed by atoms with Gasteiger partial charge in [-0.3, -0.25) is 4.79 Å². The normalized spacial score (nSPS) is 10.4. The van der Waals surface area contributed by atoms with Gasteiger partial charge in [-0.25, -0.2) is 0 Å². The van der Waals surface area contributed by atoms with E-state index in [0.717, 1.165) is 12.2 Å². The van der Waals surface area contributed by atoms with Crippen LogP contribution in [0.15, 0.2) is 48.5 Å². The highest BCUT2D eigenvalue weighted by Crippen LogP contribution is 2.17. The van der Waals surface area contributed by atoms with Crippen molar-refractivity contribution in [1.82, 2.24) is 0 Å². The summed E-state index contributed by atoms with van der Waals surface area (Å²) in [6.45, 7) is 2.96. The number of hydrogen-bond acceptors (Lipinski definition) is 3. The van der Waals surface area contributed by atoms with Crippen molar-refractivity contribution >= 4 is 5.78 Å². The number of benzene rings is 2. The highest BCUT2D eigenvalue weighted by molar-refractivity contribution is 6.09. The molecule has 0 unspecified atom stereocenters. The number of ether oxygens (including phenoxy) is 1. The zero-order valence-corrected chi connectivity index (χ0v) is 16.2. The van der Waals surface area contributed by atoms with Gasteiger partial charge in [0.25, 0.3) is 0 Å². The molecule has 0 amide bonds. The topological polar surface area (TPSA) is 50.1 Å². The zero-order valence-electron chi connectivity index (χ0n) is 16.2. The minimum atomic E-state index is -0.0817. The second kappa shape index (κ2) is 11.9. The Labute approximate surface area is 163 Å². The van der Waals surface area contributed by atoms with Gasteiger partial charge in [-0.2, -0.15) is 5.26 Å². The summed E-state index contributed by atoms with van der Waals surface area (Å²) in [5, 5.41) is 8.96. The van der Waals surface area contributed by atoms with Crippen LogP contribution in [0.25, 0.3) is 0 Å². The van der Waals surface area contributed by atoms with Gasteiger partial charge >= 0.3 is 0 Å². The minimum Gasteiger partial charge on any atom is -0.494 e. The van der Waals surface area contributed by atoms with Crippen LogP contribution in [0.5, 0.6) is 5.75 Å². The third-order valence-electron chi connectivity index (χ3n) is 4.64. The molecular formula is C24H29NO2. The van der Waals surface area contributed by atoms with Crippen LogP contribution in [0.4, 0.5) is 0 Å². The van der Waals surface area contributed by atoms with E-state index in [-0.39, 0.29) is 5.78 Å². The first-order valence-corrected chi connectivity index (χ1v) is 10.0. The average molecular weight is 364 g/mol. The lowest BCUT2D eigenvalue weighted by Crippen LogP contribution is -2.02. The molecule has 3 nitrogen and oxygen atoms in total. The van der Waals surface area contributed by atoms with Gasteiger partial charge in [-0.15, -0.1) is 0 Å². The van der Waals surface area contributed by atoms with Crippen LogP contribution in [-0.2, 0) is 0 Å². The van der Waals surface area contributed by atoms with Crippen LogP contribution in [0, 0.1) is 11.3 Å². The van der Waals surface area contributed by atoms with Crippen molar-refractivity contribution in [2.45, 2.75) is 58.3 Å². The summed E-state index contributed by atoms with van der Waals surface area (Å²) in [4.78, 5) is 12.5. The molecule has 0 fully saturated rings. The maximum Gasteiger partial charge on any atom is 0.193 e. The van der Waals surface area contributed by atoms with Crippen molar-refractivity contribution in [2.75, 3.05) is 6.61 Å². The Morgan fingerprint density at radius 3 is 2.22 bits per heavy atom. The summed E-state index contributed by atoms with van der Waals surface area (Å²) >= 11 is 0. The van der Waals surface area contributed by atoms with E-state index in [4.69, 9.17) is 10.00 Å². The highest BCUT2D eigenvalue weighted by Gasteiger charge is 2.09. The Morgan fingerprint density at radius 2 is 1.56 bits per heavy atom. The second-order valence-corrected chi connectivity index (χ2v) is 6.87. The molecule has 2 rings (SSSR count). The third-order valence-corrected chi connectivity index (χ3v) is 4.64. The monoisotopic (exact) mass is 363 g/mol. The van der Waals surface area contributed by atoms with Crippen molar-refractivity contribution in [3.63, 3.8) is 0 Å². The molecule has 0 spiro atoms. The Kier molecular flexibility index (Phi) is 9.13. The van der Waals surface area contributed by atoms with Gasteiger partial charge in [-0.05, 0) is 42.8 Å². The lowest BCUT2D eigenvalue weighted by atomic mass is 10.0. The third kappa shape index (κ3) is 7.27. The summed E-state index contributed by atoms with van der Waals surface area (Å²) in [7, 11) is 0. The molecule has 27 heavy (non-hydrogen) atoms. The molecule has 3 heteroatoms. The van der Waals surface area contributed by atoms with E-state index >= 15 is 0 Å². The molecular weight excluding hydrogens is 334 g/mol. The van der Waals surface area contributed by atoms with Crippen LogP contribution in [0.3, 0.4) is 0 Å². The minimum absolute atomic E-state index is 0.0817. The van der Waals surface area contributed by atoms with Crippen molar-refractivity contribution < 1.29 is 9.53 Å². The fraction of sp³-hybridized carbons (Fsp3) is 0.417. The lowest BCUT2D eigenvalue weighted by Gasteiger charge is -2.07. The van der Waals surface area contributed by atoms with E-state index in [2.05, 4.69) is 13.0 Å². The van der Waals surface area contributed by atoms with E-state index in [1.807, 2.05) is 12.1 Å². The molecule has 0 aromatic heterocycles. The largest absolute Gasteiger partial charge is 0.494 e. The molecule has 142 valence electrons. The van der Waals surface area contributed by atoms with Crippen molar-refractivity contribution in [1.29, 1.82) is 5.26 Å². The first-order valence-electron chi connectivity index (χ1n) is 10.0. The fourth-order valence-corrected chi connectivity index (χ4v) is 3.03. The second-order valence-electron chi connectivity index (χ2n) is 6.87. The molecule has 0 radical (unpaired) electrons. The van der Waals surface area contributed by atoms with Gasteiger partial charge in [0.1, 0.15) is 5.75 Å². The van der Waals surface area contributed by atoms with Crippen molar-refractivity contribution in [3.8, 4) is 11.8 Å². The fourth-order valence-electron chi connectivity index (χ4n) is 3.03. The van der Waals surface area contributed by atoms with Crippen LogP contribution >= 0.6 is 0 Å². The van der Waals surface area contributed by atoms with E-state index < -0.39 is 0 Å². The Balaban J connectivity index is 1.72. The average Bonchev–Trinajstić information content (AvgIpc) is 2.72. The Hall–Kier alpha value is -2.60. The molecule has 0 N–H and O–H groups in total. The van der Waals surface area contributed by atoms with Gasteiger partial charge in [0, 0.05) is 11.1 Å². The van der Waals surface area contributed by atoms with Crippen LogP contribution in [0.1, 0.15) is 79.8 Å². The Bertz CT molecular complexity index is 744. The lowest BCUT2D eigenvalue weighted by molar-refractivity contribution is 0.103. The van der Waals surface area contributed by atoms with Crippen LogP contribution < -0.4 is 4.74 Å². The number of carbonyl (C=O) groups excluding carboxylic acids is 1.